The highest BCUT2D eigenvalue weighted by atomic mass is 35.5. The number of alkyl halides is 1. The van der Waals surface area contributed by atoms with Gasteiger partial charge in [0.05, 0.1) is 12.7 Å². The lowest BCUT2D eigenvalue weighted by Crippen LogP contribution is -2.38. The van der Waals surface area contributed by atoms with E-state index in [1.165, 1.54) is 7.11 Å². The highest BCUT2D eigenvalue weighted by Gasteiger charge is 2.22. The van der Waals surface area contributed by atoms with Crippen LogP contribution in [-0.4, -0.2) is 41.5 Å². The first-order chi connectivity index (χ1) is 8.52. The lowest BCUT2D eigenvalue weighted by atomic mass is 10.1. The van der Waals surface area contributed by atoms with E-state index in [2.05, 4.69) is 0 Å². The molecular weight excluding hydrogens is 254 g/mol. The lowest BCUT2D eigenvalue weighted by Gasteiger charge is -2.26. The zero-order valence-electron chi connectivity index (χ0n) is 10.8. The van der Waals surface area contributed by atoms with Crippen LogP contribution in [0.1, 0.15) is 24.2 Å². The molecule has 4 nitrogen and oxygen atoms in total. The predicted molar refractivity (Wildman–Crippen MR) is 71.6 cm³/mol. The number of carbonyl (C=O) groups excluding carboxylic acids is 1. The van der Waals surface area contributed by atoms with Crippen LogP contribution in [0.4, 0.5) is 0 Å². The van der Waals surface area contributed by atoms with Crippen molar-refractivity contribution in [1.82, 2.24) is 4.90 Å². The van der Waals surface area contributed by atoms with E-state index >= 15 is 0 Å². The average Bonchev–Trinajstić information content (AvgIpc) is 2.35. The summed E-state index contributed by atoms with van der Waals surface area (Å²) in [7, 11) is 1.45. The lowest BCUT2D eigenvalue weighted by molar-refractivity contribution is 0.0714. The molecule has 0 aliphatic carbocycles. The third-order valence-electron chi connectivity index (χ3n) is 2.66. The SMILES string of the molecule is COc1cccc(C(=O)N(CCCl)C(C)C)c1O. The second-order valence-corrected chi connectivity index (χ2v) is 4.52. The van der Waals surface area contributed by atoms with Crippen LogP contribution < -0.4 is 4.74 Å². The van der Waals surface area contributed by atoms with Crippen molar-refractivity contribution in [2.24, 2.45) is 0 Å². The number of rotatable bonds is 5. The van der Waals surface area contributed by atoms with Crippen LogP contribution in [0.2, 0.25) is 0 Å². The number of carbonyl (C=O) groups is 1. The number of aromatic hydroxyl groups is 1. The second-order valence-electron chi connectivity index (χ2n) is 4.14. The largest absolute Gasteiger partial charge is 0.504 e. The van der Waals surface area contributed by atoms with Crippen molar-refractivity contribution in [2.45, 2.75) is 19.9 Å². The fraction of sp³-hybridized carbons (Fsp3) is 0.462. The van der Waals surface area contributed by atoms with Gasteiger partial charge in [0.2, 0.25) is 0 Å². The molecule has 1 aromatic carbocycles. The number of ether oxygens (including phenoxy) is 1. The minimum absolute atomic E-state index is 0.0156. The number of phenolic OH excluding ortho intramolecular Hbond substituents is 1. The van der Waals surface area contributed by atoms with Crippen molar-refractivity contribution in [1.29, 1.82) is 0 Å². The van der Waals surface area contributed by atoms with Crippen molar-refractivity contribution in [3.05, 3.63) is 23.8 Å². The van der Waals surface area contributed by atoms with Gasteiger partial charge in [-0.2, -0.15) is 0 Å². The van der Waals surface area contributed by atoms with Gasteiger partial charge in [-0.25, -0.2) is 0 Å². The Morgan fingerprint density at radius 1 is 1.50 bits per heavy atom. The van der Waals surface area contributed by atoms with Crippen molar-refractivity contribution in [3.8, 4) is 11.5 Å². The summed E-state index contributed by atoms with van der Waals surface area (Å²) in [6.07, 6.45) is 0. The number of amides is 1. The number of benzene rings is 1. The minimum atomic E-state index is -0.248. The van der Waals surface area contributed by atoms with E-state index in [1.54, 1.807) is 23.1 Å². The topological polar surface area (TPSA) is 49.8 Å². The summed E-state index contributed by atoms with van der Waals surface area (Å²) in [6.45, 7) is 4.25. The van der Waals surface area contributed by atoms with Crippen LogP contribution >= 0.6 is 11.6 Å². The normalized spacial score (nSPS) is 10.5. The molecule has 0 heterocycles. The smallest absolute Gasteiger partial charge is 0.258 e. The fourth-order valence-corrected chi connectivity index (χ4v) is 1.88. The molecule has 0 aromatic heterocycles. The first kappa shape index (κ1) is 14.6. The van der Waals surface area contributed by atoms with Crippen molar-refractivity contribution in [2.75, 3.05) is 19.5 Å². The quantitative estimate of drug-likeness (QED) is 0.837. The summed E-state index contributed by atoms with van der Waals surface area (Å²) >= 11 is 5.69. The van der Waals surface area contributed by atoms with Gasteiger partial charge in [0.25, 0.3) is 5.91 Å². The monoisotopic (exact) mass is 271 g/mol. The van der Waals surface area contributed by atoms with Gasteiger partial charge in [0.15, 0.2) is 11.5 Å². The highest BCUT2D eigenvalue weighted by molar-refractivity contribution is 6.18. The molecule has 18 heavy (non-hydrogen) atoms. The number of nitrogens with zero attached hydrogens (tertiary/aromatic N) is 1. The molecule has 0 bridgehead atoms. The number of hydrogen-bond donors (Lipinski definition) is 1. The number of para-hydroxylation sites is 1. The molecule has 0 unspecified atom stereocenters. The summed E-state index contributed by atoms with van der Waals surface area (Å²) in [5.41, 5.74) is 0.230. The maximum Gasteiger partial charge on any atom is 0.258 e. The van der Waals surface area contributed by atoms with E-state index in [4.69, 9.17) is 16.3 Å². The van der Waals surface area contributed by atoms with Gasteiger partial charge in [0.1, 0.15) is 0 Å². The third-order valence-corrected chi connectivity index (χ3v) is 2.83. The number of hydrogen-bond acceptors (Lipinski definition) is 3. The van der Waals surface area contributed by atoms with Gasteiger partial charge in [-0.15, -0.1) is 11.6 Å². The van der Waals surface area contributed by atoms with Crippen molar-refractivity contribution < 1.29 is 14.6 Å². The van der Waals surface area contributed by atoms with Gasteiger partial charge in [-0.05, 0) is 26.0 Å². The van der Waals surface area contributed by atoms with E-state index in [9.17, 15) is 9.90 Å². The molecule has 1 N–H and O–H groups in total. The van der Waals surface area contributed by atoms with Crippen LogP contribution in [0, 0.1) is 0 Å². The summed E-state index contributed by atoms with van der Waals surface area (Å²) in [4.78, 5) is 13.9. The Morgan fingerprint density at radius 3 is 2.67 bits per heavy atom. The summed E-state index contributed by atoms with van der Waals surface area (Å²) in [6, 6.07) is 4.86. The van der Waals surface area contributed by atoms with Crippen LogP contribution in [0.3, 0.4) is 0 Å². The minimum Gasteiger partial charge on any atom is -0.504 e. The molecule has 0 saturated heterocycles. The molecule has 5 heteroatoms. The maximum atomic E-state index is 12.3. The molecule has 1 aromatic rings. The molecule has 1 amide bonds. The number of halogens is 1. The number of methoxy groups -OCH3 is 1. The second kappa shape index (κ2) is 6.50. The van der Waals surface area contributed by atoms with Gasteiger partial charge in [-0.3, -0.25) is 4.79 Å². The van der Waals surface area contributed by atoms with Crippen LogP contribution in [0.5, 0.6) is 11.5 Å². The Morgan fingerprint density at radius 2 is 2.17 bits per heavy atom. The molecule has 100 valence electrons. The Kier molecular flexibility index (Phi) is 5.28. The van der Waals surface area contributed by atoms with Gasteiger partial charge in [-0.1, -0.05) is 6.07 Å². The Hall–Kier alpha value is -1.42. The molecule has 0 aliphatic heterocycles. The van der Waals surface area contributed by atoms with Gasteiger partial charge in [0, 0.05) is 18.5 Å². The Bertz CT molecular complexity index is 421. The highest BCUT2D eigenvalue weighted by Crippen LogP contribution is 2.30. The first-order valence-electron chi connectivity index (χ1n) is 5.75. The van der Waals surface area contributed by atoms with Crippen LogP contribution in [0.25, 0.3) is 0 Å². The Labute approximate surface area is 112 Å². The van der Waals surface area contributed by atoms with E-state index < -0.39 is 0 Å². The molecular formula is C13H18ClNO3. The van der Waals surface area contributed by atoms with Gasteiger partial charge >= 0.3 is 0 Å². The molecule has 0 spiro atoms. The van der Waals surface area contributed by atoms with Crippen molar-refractivity contribution in [3.63, 3.8) is 0 Å². The van der Waals surface area contributed by atoms with Crippen LogP contribution in [0.15, 0.2) is 18.2 Å². The fourth-order valence-electron chi connectivity index (χ4n) is 1.70. The zero-order chi connectivity index (χ0) is 13.7. The third kappa shape index (κ3) is 3.07. The van der Waals surface area contributed by atoms with E-state index in [-0.39, 0.29) is 29.0 Å². The van der Waals surface area contributed by atoms with Gasteiger partial charge < -0.3 is 14.7 Å². The summed E-state index contributed by atoms with van der Waals surface area (Å²) in [5.74, 6) is 0.261. The van der Waals surface area contributed by atoms with Crippen molar-refractivity contribution >= 4 is 17.5 Å². The average molecular weight is 272 g/mol. The predicted octanol–water partition coefficient (Wildman–Crippen LogP) is 2.49. The van der Waals surface area contributed by atoms with Crippen LogP contribution in [-0.2, 0) is 0 Å². The standard InChI is InChI=1S/C13H18ClNO3/c1-9(2)15(8-7-14)13(17)10-5-4-6-11(18-3)12(10)16/h4-6,9,16H,7-8H2,1-3H3. The maximum absolute atomic E-state index is 12.3. The molecule has 0 atom stereocenters. The summed E-state index contributed by atoms with van der Waals surface area (Å²) < 4.78 is 4.99. The Balaban J connectivity index is 3.09. The zero-order valence-corrected chi connectivity index (χ0v) is 11.6. The molecule has 0 fully saturated rings. The van der Waals surface area contributed by atoms with E-state index in [0.29, 0.717) is 12.4 Å². The first-order valence-corrected chi connectivity index (χ1v) is 6.29. The number of phenols is 1. The molecule has 0 radical (unpaired) electrons. The summed E-state index contributed by atoms with van der Waals surface area (Å²) in [5, 5.41) is 9.95. The van der Waals surface area contributed by atoms with E-state index in [1.807, 2.05) is 13.8 Å². The molecule has 0 saturated carbocycles. The van der Waals surface area contributed by atoms with E-state index in [0.717, 1.165) is 0 Å². The molecule has 1 rings (SSSR count). The molecule has 0 aliphatic rings.